The number of aryl methyl sites for hydroxylation is 1. The number of hydrogen-bond donors (Lipinski definition) is 0. The van der Waals surface area contributed by atoms with Gasteiger partial charge in [-0.15, -0.1) is 0 Å². The van der Waals surface area contributed by atoms with E-state index in [-0.39, 0.29) is 0 Å². The number of benzene rings is 9. The Morgan fingerprint density at radius 2 is 0.946 bits per heavy atom. The molecule has 264 valence electrons. The highest BCUT2D eigenvalue weighted by Gasteiger charge is 2.18. The molecule has 10 aromatic rings. The van der Waals surface area contributed by atoms with Crippen molar-refractivity contribution in [3.63, 3.8) is 0 Å². The first-order valence-electron chi connectivity index (χ1n) is 19.6. The van der Waals surface area contributed by atoms with Crippen molar-refractivity contribution in [2.75, 3.05) is 0 Å². The summed E-state index contributed by atoms with van der Waals surface area (Å²) in [5.74, 6) is 0.996. The van der Waals surface area contributed by atoms with Gasteiger partial charge in [0.05, 0.1) is 11.0 Å². The van der Waals surface area contributed by atoms with Crippen molar-refractivity contribution in [1.82, 2.24) is 9.55 Å². The van der Waals surface area contributed by atoms with Crippen LogP contribution in [0.1, 0.15) is 18.4 Å². The van der Waals surface area contributed by atoms with E-state index >= 15 is 0 Å². The molecule has 2 heteroatoms. The van der Waals surface area contributed by atoms with E-state index in [1.807, 2.05) is 0 Å². The van der Waals surface area contributed by atoms with Crippen LogP contribution in [0.5, 0.6) is 0 Å². The largest absolute Gasteiger partial charge is 0.296 e. The van der Waals surface area contributed by atoms with Gasteiger partial charge in [-0.1, -0.05) is 151 Å². The second kappa shape index (κ2) is 13.1. The minimum absolute atomic E-state index is 0.996. The molecule has 1 aliphatic carbocycles. The molecule has 0 spiro atoms. The van der Waals surface area contributed by atoms with Gasteiger partial charge in [0.15, 0.2) is 0 Å². The molecule has 2 nitrogen and oxygen atoms in total. The number of nitrogens with zero attached hydrogens (tertiary/aromatic N) is 2. The predicted octanol–water partition coefficient (Wildman–Crippen LogP) is 14.8. The summed E-state index contributed by atoms with van der Waals surface area (Å²) < 4.78 is 2.35. The molecule has 0 unspecified atom stereocenters. The number of allylic oxidation sites excluding steroid dienone is 4. The first-order chi connectivity index (χ1) is 27.7. The molecule has 1 aromatic heterocycles. The van der Waals surface area contributed by atoms with Gasteiger partial charge in [0.25, 0.3) is 0 Å². The predicted molar refractivity (Wildman–Crippen MR) is 239 cm³/mol. The van der Waals surface area contributed by atoms with Gasteiger partial charge in [-0.2, -0.15) is 0 Å². The Hall–Kier alpha value is -7.03. The maximum absolute atomic E-state index is 5.13. The third kappa shape index (κ3) is 5.37. The smallest absolute Gasteiger partial charge is 0.145 e. The van der Waals surface area contributed by atoms with Crippen LogP contribution in [0, 0.1) is 6.92 Å². The first-order valence-corrected chi connectivity index (χ1v) is 19.6. The molecule has 0 amide bonds. The van der Waals surface area contributed by atoms with Crippen LogP contribution < -0.4 is 0 Å². The molecular formula is C54H38N2. The Morgan fingerprint density at radius 3 is 1.54 bits per heavy atom. The van der Waals surface area contributed by atoms with E-state index < -0.39 is 0 Å². The second-order valence-corrected chi connectivity index (χ2v) is 15.1. The zero-order chi connectivity index (χ0) is 37.2. The third-order valence-electron chi connectivity index (χ3n) is 11.7. The lowest BCUT2D eigenvalue weighted by molar-refractivity contribution is 0.960. The number of aromatic nitrogens is 2. The van der Waals surface area contributed by atoms with Crippen LogP contribution in [0.3, 0.4) is 0 Å². The van der Waals surface area contributed by atoms with Gasteiger partial charge in [0, 0.05) is 11.3 Å². The van der Waals surface area contributed by atoms with Crippen LogP contribution in [0.4, 0.5) is 0 Å². The molecule has 0 N–H and O–H groups in total. The molecule has 9 aromatic carbocycles. The van der Waals surface area contributed by atoms with Crippen LogP contribution in [0.15, 0.2) is 188 Å². The summed E-state index contributed by atoms with van der Waals surface area (Å²) in [5, 5.41) is 10.0. The molecule has 0 aliphatic heterocycles. The average Bonchev–Trinajstić information content (AvgIpc) is 3.65. The maximum atomic E-state index is 5.13. The zero-order valence-corrected chi connectivity index (χ0v) is 31.2. The fourth-order valence-corrected chi connectivity index (χ4v) is 8.90. The van der Waals surface area contributed by atoms with E-state index in [2.05, 4.69) is 200 Å². The molecule has 0 saturated heterocycles. The second-order valence-electron chi connectivity index (χ2n) is 15.1. The summed E-state index contributed by atoms with van der Waals surface area (Å²) >= 11 is 0. The lowest BCUT2D eigenvalue weighted by Gasteiger charge is -2.18. The highest BCUT2D eigenvalue weighted by molar-refractivity contribution is 6.21. The Balaban J connectivity index is 0.969. The van der Waals surface area contributed by atoms with Gasteiger partial charge in [-0.3, -0.25) is 4.57 Å². The first kappa shape index (κ1) is 32.4. The van der Waals surface area contributed by atoms with Crippen molar-refractivity contribution in [3.8, 4) is 44.8 Å². The van der Waals surface area contributed by atoms with E-state index in [0.717, 1.165) is 35.3 Å². The molecule has 56 heavy (non-hydrogen) atoms. The Labute approximate surface area is 326 Å². The molecule has 0 bridgehead atoms. The summed E-state index contributed by atoms with van der Waals surface area (Å²) in [6, 6.07) is 62.7. The van der Waals surface area contributed by atoms with Gasteiger partial charge in [0.2, 0.25) is 0 Å². The quantitative estimate of drug-likeness (QED) is 0.162. The lowest BCUT2D eigenvalue weighted by atomic mass is 9.85. The summed E-state index contributed by atoms with van der Waals surface area (Å²) in [6.45, 7) is 2.15. The summed E-state index contributed by atoms with van der Waals surface area (Å²) in [7, 11) is 0. The van der Waals surface area contributed by atoms with Gasteiger partial charge >= 0.3 is 0 Å². The third-order valence-corrected chi connectivity index (χ3v) is 11.7. The van der Waals surface area contributed by atoms with E-state index in [0.29, 0.717) is 0 Å². The van der Waals surface area contributed by atoms with Crippen molar-refractivity contribution < 1.29 is 0 Å². The van der Waals surface area contributed by atoms with E-state index in [1.165, 1.54) is 87.7 Å². The van der Waals surface area contributed by atoms with Crippen molar-refractivity contribution in [2.45, 2.75) is 19.8 Å². The summed E-state index contributed by atoms with van der Waals surface area (Å²) in [4.78, 5) is 5.13. The van der Waals surface area contributed by atoms with Gasteiger partial charge in [-0.25, -0.2) is 4.98 Å². The SMILES string of the molecule is Cc1ccc(-c2c3ccccc3c(-c3ccc4cc(-c5ccc6cc(-c7nc8ccccc8n7C7=CC=CCC7)ccc6c5)ccc4c3)c3ccccc23)cc1. The maximum Gasteiger partial charge on any atom is 0.145 e. The molecular weight excluding hydrogens is 677 g/mol. The zero-order valence-electron chi connectivity index (χ0n) is 31.2. The minimum atomic E-state index is 0.996. The molecule has 11 rings (SSSR count). The molecule has 0 atom stereocenters. The number of hydrogen-bond acceptors (Lipinski definition) is 1. The monoisotopic (exact) mass is 714 g/mol. The van der Waals surface area contributed by atoms with Crippen molar-refractivity contribution in [3.05, 3.63) is 194 Å². The van der Waals surface area contributed by atoms with Crippen LogP contribution >= 0.6 is 0 Å². The number of imidazole rings is 1. The van der Waals surface area contributed by atoms with E-state index in [9.17, 15) is 0 Å². The average molecular weight is 715 g/mol. The Morgan fingerprint density at radius 1 is 0.464 bits per heavy atom. The van der Waals surface area contributed by atoms with E-state index in [1.54, 1.807) is 0 Å². The number of rotatable bonds is 5. The van der Waals surface area contributed by atoms with Gasteiger partial charge in [0.1, 0.15) is 5.82 Å². The molecule has 1 aliphatic rings. The van der Waals surface area contributed by atoms with E-state index in [4.69, 9.17) is 4.98 Å². The Kier molecular flexibility index (Phi) is 7.57. The minimum Gasteiger partial charge on any atom is -0.296 e. The lowest BCUT2D eigenvalue weighted by Crippen LogP contribution is -2.01. The summed E-state index contributed by atoms with van der Waals surface area (Å²) in [6.07, 6.45) is 8.68. The normalized spacial score (nSPS) is 13.0. The number of fused-ring (bicyclic) bond motifs is 5. The van der Waals surface area contributed by atoms with Crippen molar-refractivity contribution >= 4 is 59.8 Å². The van der Waals surface area contributed by atoms with Gasteiger partial charge < -0.3 is 0 Å². The standard InChI is InChI=1S/C54H38N2/c1-35-19-21-36(22-20-35)52-46-13-5-7-15-48(46)53(49-16-8-6-14-47(49)52)43-29-27-39-31-37(23-25-41(39)33-43)38-24-26-42-34-44(30-28-40(42)32-38)54-55-50-17-9-10-18-51(50)56(54)45-11-3-2-4-12-45/h2-3,5-11,13-34H,4,12H2,1H3. The highest BCUT2D eigenvalue weighted by atomic mass is 15.1. The van der Waals surface area contributed by atoms with Crippen LogP contribution in [-0.2, 0) is 0 Å². The Bertz CT molecular complexity index is 3190. The summed E-state index contributed by atoms with van der Waals surface area (Å²) in [5.41, 5.74) is 13.4. The fourth-order valence-electron chi connectivity index (χ4n) is 8.90. The van der Waals surface area contributed by atoms with Gasteiger partial charge in [-0.05, 0) is 139 Å². The highest BCUT2D eigenvalue weighted by Crippen LogP contribution is 2.44. The van der Waals surface area contributed by atoms with Crippen molar-refractivity contribution in [1.29, 1.82) is 0 Å². The van der Waals surface area contributed by atoms with Crippen LogP contribution in [0.25, 0.3) is 105 Å². The fraction of sp³-hybridized carbons (Fsp3) is 0.0556. The molecule has 1 heterocycles. The van der Waals surface area contributed by atoms with Crippen LogP contribution in [-0.4, -0.2) is 9.55 Å². The molecule has 0 radical (unpaired) electrons. The topological polar surface area (TPSA) is 17.8 Å². The number of para-hydroxylation sites is 2. The molecule has 0 saturated carbocycles. The molecule has 0 fully saturated rings. The van der Waals surface area contributed by atoms with Crippen molar-refractivity contribution in [2.24, 2.45) is 0 Å². The van der Waals surface area contributed by atoms with Crippen LogP contribution in [0.2, 0.25) is 0 Å².